The number of thioether (sulfide) groups is 1. The van der Waals surface area contributed by atoms with Crippen molar-refractivity contribution >= 4 is 35.0 Å². The maximum atomic E-state index is 6.26. The van der Waals surface area contributed by atoms with Crippen LogP contribution in [0.3, 0.4) is 0 Å². The standard InChI is InChI=1S/C19H17Cl2N3OS/c1-3-10-24-18(13-5-8-16(25-2)9-6-13)22-23-19(24)26-12-14-4-7-15(20)11-17(14)21/h3-9,11H,1,10,12H2,2H3. The van der Waals surface area contributed by atoms with Crippen LogP contribution in [0.5, 0.6) is 5.75 Å². The van der Waals surface area contributed by atoms with Gasteiger partial charge in [0.2, 0.25) is 0 Å². The molecule has 0 spiro atoms. The Morgan fingerprint density at radius 3 is 2.58 bits per heavy atom. The van der Waals surface area contributed by atoms with Crippen molar-refractivity contribution in [3.63, 3.8) is 0 Å². The normalized spacial score (nSPS) is 10.7. The maximum absolute atomic E-state index is 6.26. The van der Waals surface area contributed by atoms with E-state index in [4.69, 9.17) is 27.9 Å². The van der Waals surface area contributed by atoms with Gasteiger partial charge in [0.1, 0.15) is 5.75 Å². The van der Waals surface area contributed by atoms with E-state index in [2.05, 4.69) is 16.8 Å². The van der Waals surface area contributed by atoms with Crippen LogP contribution in [-0.4, -0.2) is 21.9 Å². The first-order chi connectivity index (χ1) is 12.6. The van der Waals surface area contributed by atoms with Gasteiger partial charge < -0.3 is 4.74 Å². The van der Waals surface area contributed by atoms with Crippen molar-refractivity contribution in [1.29, 1.82) is 0 Å². The number of aromatic nitrogens is 3. The number of hydrogen-bond acceptors (Lipinski definition) is 4. The van der Waals surface area contributed by atoms with Crippen LogP contribution in [0.1, 0.15) is 5.56 Å². The van der Waals surface area contributed by atoms with E-state index in [1.54, 1.807) is 24.9 Å². The number of halogens is 2. The number of hydrogen-bond donors (Lipinski definition) is 0. The second kappa shape index (κ2) is 8.62. The molecule has 0 amide bonds. The topological polar surface area (TPSA) is 39.9 Å². The molecular weight excluding hydrogens is 389 g/mol. The first kappa shape index (κ1) is 18.8. The zero-order valence-corrected chi connectivity index (χ0v) is 16.5. The quantitative estimate of drug-likeness (QED) is 0.371. The van der Waals surface area contributed by atoms with Gasteiger partial charge in [0.05, 0.1) is 7.11 Å². The van der Waals surface area contributed by atoms with Crippen LogP contribution in [0, 0.1) is 0 Å². The van der Waals surface area contributed by atoms with E-state index in [0.717, 1.165) is 27.9 Å². The van der Waals surface area contributed by atoms with Gasteiger partial charge in [0, 0.05) is 27.9 Å². The molecule has 26 heavy (non-hydrogen) atoms. The highest BCUT2D eigenvalue weighted by Gasteiger charge is 2.14. The molecule has 2 aromatic carbocycles. The minimum atomic E-state index is 0.616. The Morgan fingerprint density at radius 1 is 1.15 bits per heavy atom. The van der Waals surface area contributed by atoms with E-state index in [1.807, 2.05) is 47.0 Å². The zero-order chi connectivity index (χ0) is 18.5. The summed E-state index contributed by atoms with van der Waals surface area (Å²) in [4.78, 5) is 0. The molecule has 3 aromatic rings. The Morgan fingerprint density at radius 2 is 1.92 bits per heavy atom. The summed E-state index contributed by atoms with van der Waals surface area (Å²) in [6.07, 6.45) is 1.83. The fraction of sp³-hybridized carbons (Fsp3) is 0.158. The third kappa shape index (κ3) is 4.23. The minimum absolute atomic E-state index is 0.616. The molecule has 1 aromatic heterocycles. The van der Waals surface area contributed by atoms with Crippen LogP contribution >= 0.6 is 35.0 Å². The highest BCUT2D eigenvalue weighted by Crippen LogP contribution is 2.30. The molecule has 4 nitrogen and oxygen atoms in total. The summed E-state index contributed by atoms with van der Waals surface area (Å²) in [6.45, 7) is 4.46. The molecule has 0 aliphatic heterocycles. The number of nitrogens with zero attached hydrogens (tertiary/aromatic N) is 3. The molecule has 3 rings (SSSR count). The van der Waals surface area contributed by atoms with E-state index in [-0.39, 0.29) is 0 Å². The maximum Gasteiger partial charge on any atom is 0.192 e. The monoisotopic (exact) mass is 405 g/mol. The van der Waals surface area contributed by atoms with Crippen molar-refractivity contribution in [2.45, 2.75) is 17.5 Å². The SMILES string of the molecule is C=CCn1c(SCc2ccc(Cl)cc2Cl)nnc1-c1ccc(OC)cc1. The van der Waals surface area contributed by atoms with Crippen LogP contribution in [0.2, 0.25) is 10.0 Å². The lowest BCUT2D eigenvalue weighted by atomic mass is 10.2. The number of rotatable bonds is 7. The molecule has 0 aliphatic rings. The summed E-state index contributed by atoms with van der Waals surface area (Å²) in [5, 5.41) is 10.8. The van der Waals surface area contributed by atoms with Crippen molar-refractivity contribution < 1.29 is 4.74 Å². The fourth-order valence-electron chi connectivity index (χ4n) is 2.42. The first-order valence-electron chi connectivity index (χ1n) is 7.87. The Hall–Kier alpha value is -1.95. The summed E-state index contributed by atoms with van der Waals surface area (Å²) >= 11 is 13.8. The highest BCUT2D eigenvalue weighted by molar-refractivity contribution is 7.98. The Labute approximate surface area is 166 Å². The lowest BCUT2D eigenvalue weighted by molar-refractivity contribution is 0.415. The van der Waals surface area contributed by atoms with Gasteiger partial charge in [-0.25, -0.2) is 0 Å². The number of allylic oxidation sites excluding steroid dienone is 1. The Balaban J connectivity index is 1.85. The molecule has 0 atom stereocenters. The third-order valence-electron chi connectivity index (χ3n) is 3.75. The molecule has 0 saturated heterocycles. The molecule has 0 saturated carbocycles. The van der Waals surface area contributed by atoms with Gasteiger partial charge in [-0.3, -0.25) is 4.57 Å². The van der Waals surface area contributed by atoms with Crippen molar-refractivity contribution in [1.82, 2.24) is 14.8 Å². The summed E-state index contributed by atoms with van der Waals surface area (Å²) in [6, 6.07) is 13.2. The van der Waals surface area contributed by atoms with Gasteiger partial charge in [-0.1, -0.05) is 47.1 Å². The number of methoxy groups -OCH3 is 1. The lowest BCUT2D eigenvalue weighted by Crippen LogP contribution is -2.00. The van der Waals surface area contributed by atoms with Crippen LogP contribution in [0.4, 0.5) is 0 Å². The molecule has 0 N–H and O–H groups in total. The van der Waals surface area contributed by atoms with E-state index >= 15 is 0 Å². The first-order valence-corrected chi connectivity index (χ1v) is 9.61. The Kier molecular flexibility index (Phi) is 6.25. The average Bonchev–Trinajstić information content (AvgIpc) is 3.04. The largest absolute Gasteiger partial charge is 0.497 e. The van der Waals surface area contributed by atoms with Crippen LogP contribution in [0.15, 0.2) is 60.3 Å². The van der Waals surface area contributed by atoms with Gasteiger partial charge in [-0.05, 0) is 42.0 Å². The van der Waals surface area contributed by atoms with E-state index < -0.39 is 0 Å². The minimum Gasteiger partial charge on any atom is -0.497 e. The molecule has 7 heteroatoms. The average molecular weight is 406 g/mol. The fourth-order valence-corrected chi connectivity index (χ4v) is 3.93. The van der Waals surface area contributed by atoms with Crippen LogP contribution < -0.4 is 4.74 Å². The van der Waals surface area contributed by atoms with Gasteiger partial charge in [0.15, 0.2) is 11.0 Å². The van der Waals surface area contributed by atoms with Crippen molar-refractivity contribution in [3.8, 4) is 17.1 Å². The molecule has 0 unspecified atom stereocenters. The highest BCUT2D eigenvalue weighted by atomic mass is 35.5. The van der Waals surface area contributed by atoms with E-state index in [0.29, 0.717) is 22.3 Å². The summed E-state index contributed by atoms with van der Waals surface area (Å²) in [5.74, 6) is 2.27. The summed E-state index contributed by atoms with van der Waals surface area (Å²) in [5.41, 5.74) is 1.97. The molecule has 1 heterocycles. The molecular formula is C19H17Cl2N3OS. The van der Waals surface area contributed by atoms with E-state index in [1.165, 1.54) is 0 Å². The van der Waals surface area contributed by atoms with Gasteiger partial charge in [-0.15, -0.1) is 16.8 Å². The summed E-state index contributed by atoms with van der Waals surface area (Å²) < 4.78 is 7.24. The third-order valence-corrected chi connectivity index (χ3v) is 5.35. The predicted molar refractivity (Wildman–Crippen MR) is 108 cm³/mol. The number of benzene rings is 2. The van der Waals surface area contributed by atoms with Crippen molar-refractivity contribution in [3.05, 3.63) is 70.7 Å². The van der Waals surface area contributed by atoms with Gasteiger partial charge >= 0.3 is 0 Å². The second-order valence-corrected chi connectivity index (χ2v) is 7.24. The molecule has 134 valence electrons. The van der Waals surface area contributed by atoms with Crippen LogP contribution in [0.25, 0.3) is 11.4 Å². The molecule has 0 radical (unpaired) electrons. The second-order valence-electron chi connectivity index (χ2n) is 5.46. The molecule has 0 bridgehead atoms. The van der Waals surface area contributed by atoms with Crippen LogP contribution in [-0.2, 0) is 12.3 Å². The smallest absolute Gasteiger partial charge is 0.192 e. The zero-order valence-electron chi connectivity index (χ0n) is 14.2. The Bertz CT molecular complexity index is 910. The summed E-state index contributed by atoms with van der Waals surface area (Å²) in [7, 11) is 1.64. The van der Waals surface area contributed by atoms with Gasteiger partial charge in [-0.2, -0.15) is 0 Å². The number of ether oxygens (including phenoxy) is 1. The van der Waals surface area contributed by atoms with Crippen molar-refractivity contribution in [2.24, 2.45) is 0 Å². The van der Waals surface area contributed by atoms with Crippen molar-refractivity contribution in [2.75, 3.05) is 7.11 Å². The van der Waals surface area contributed by atoms with Gasteiger partial charge in [0.25, 0.3) is 0 Å². The predicted octanol–water partition coefficient (Wildman–Crippen LogP) is 5.74. The lowest BCUT2D eigenvalue weighted by Gasteiger charge is -2.09. The molecule has 0 aliphatic carbocycles. The molecule has 0 fully saturated rings. The van der Waals surface area contributed by atoms with E-state index in [9.17, 15) is 0 Å².